The number of carbonyl (C=O) groups is 1. The monoisotopic (exact) mass is 353 g/mol. The SMILES string of the molecule is CC(C)(C)OC(=O)CC[C@@H](NS(=O)O)c1cc(F)c(F)cc1F. The molecule has 0 aliphatic rings. The predicted molar refractivity (Wildman–Crippen MR) is 78.0 cm³/mol. The number of carbonyl (C=O) groups excluding carboxylic acids is 1. The second-order valence-corrected chi connectivity index (χ2v) is 6.57. The number of esters is 1. The first-order valence-electron chi connectivity index (χ1n) is 6.73. The Bertz CT molecular complexity index is 604. The standard InChI is InChI=1S/C14H18F3NO4S/c1-14(2,3)22-13(19)5-4-12(18-23(20)21)8-6-10(16)11(17)7-9(8)15/h6-7,12,18H,4-5H2,1-3H3,(H,20,21)/t12-/m1/s1. The number of nitrogens with one attached hydrogen (secondary N) is 1. The van der Waals surface area contributed by atoms with Crippen molar-refractivity contribution in [2.75, 3.05) is 0 Å². The van der Waals surface area contributed by atoms with Gasteiger partial charge in [0.25, 0.3) is 0 Å². The number of ether oxygens (including phenoxy) is 1. The lowest BCUT2D eigenvalue weighted by molar-refractivity contribution is -0.155. The topological polar surface area (TPSA) is 75.6 Å². The maximum absolute atomic E-state index is 13.8. The largest absolute Gasteiger partial charge is 0.460 e. The molecule has 0 heterocycles. The Balaban J connectivity index is 2.91. The van der Waals surface area contributed by atoms with Crippen molar-refractivity contribution in [2.24, 2.45) is 0 Å². The van der Waals surface area contributed by atoms with E-state index in [1.165, 1.54) is 0 Å². The highest BCUT2D eigenvalue weighted by atomic mass is 32.2. The molecule has 1 aromatic rings. The van der Waals surface area contributed by atoms with Crippen LogP contribution in [0.1, 0.15) is 45.2 Å². The van der Waals surface area contributed by atoms with E-state index in [9.17, 15) is 22.2 Å². The fourth-order valence-electron chi connectivity index (χ4n) is 1.86. The first-order valence-corrected chi connectivity index (χ1v) is 7.83. The van der Waals surface area contributed by atoms with Gasteiger partial charge in [-0.2, -0.15) is 0 Å². The van der Waals surface area contributed by atoms with Gasteiger partial charge in [-0.3, -0.25) is 9.35 Å². The molecule has 0 fully saturated rings. The van der Waals surface area contributed by atoms with Crippen molar-refractivity contribution in [1.29, 1.82) is 0 Å². The molecule has 0 radical (unpaired) electrons. The van der Waals surface area contributed by atoms with Gasteiger partial charge in [0.2, 0.25) is 11.3 Å². The van der Waals surface area contributed by atoms with E-state index in [0.717, 1.165) is 0 Å². The van der Waals surface area contributed by atoms with E-state index >= 15 is 0 Å². The summed E-state index contributed by atoms with van der Waals surface area (Å²) in [6.07, 6.45) is -0.340. The highest BCUT2D eigenvalue weighted by Crippen LogP contribution is 2.25. The minimum atomic E-state index is -2.54. The summed E-state index contributed by atoms with van der Waals surface area (Å²) >= 11 is -2.54. The molecule has 0 saturated carbocycles. The van der Waals surface area contributed by atoms with Crippen molar-refractivity contribution in [2.45, 2.75) is 45.3 Å². The second kappa shape index (κ2) is 7.89. The Morgan fingerprint density at radius 3 is 2.35 bits per heavy atom. The summed E-state index contributed by atoms with van der Waals surface area (Å²) in [5.41, 5.74) is -1.07. The van der Waals surface area contributed by atoms with Gasteiger partial charge in [-0.1, -0.05) is 0 Å². The molecular weight excluding hydrogens is 335 g/mol. The minimum Gasteiger partial charge on any atom is -0.460 e. The summed E-state index contributed by atoms with van der Waals surface area (Å²) in [5.74, 6) is -4.36. The fraction of sp³-hybridized carbons (Fsp3) is 0.500. The van der Waals surface area contributed by atoms with Crippen LogP contribution >= 0.6 is 0 Å². The molecular formula is C14H18F3NO4S. The third-order valence-corrected chi connectivity index (χ3v) is 3.20. The zero-order valence-corrected chi connectivity index (χ0v) is 13.7. The molecule has 0 aromatic heterocycles. The number of halogens is 3. The van der Waals surface area contributed by atoms with Crippen LogP contribution in [-0.4, -0.2) is 20.3 Å². The van der Waals surface area contributed by atoms with Crippen LogP contribution in [-0.2, 0) is 20.8 Å². The van der Waals surface area contributed by atoms with Gasteiger partial charge >= 0.3 is 5.97 Å². The van der Waals surface area contributed by atoms with E-state index in [4.69, 9.17) is 9.29 Å². The Labute approximate surface area is 134 Å². The summed E-state index contributed by atoms with van der Waals surface area (Å²) in [6.45, 7) is 5.00. The van der Waals surface area contributed by atoms with Crippen molar-refractivity contribution < 1.29 is 31.5 Å². The molecule has 2 N–H and O–H groups in total. The Kier molecular flexibility index (Phi) is 6.72. The first kappa shape index (κ1) is 19.6. The van der Waals surface area contributed by atoms with Crippen LogP contribution < -0.4 is 4.72 Å². The molecule has 1 unspecified atom stereocenters. The van der Waals surface area contributed by atoms with Crippen LogP contribution in [0.15, 0.2) is 12.1 Å². The van der Waals surface area contributed by atoms with E-state index in [1.807, 2.05) is 0 Å². The van der Waals surface area contributed by atoms with Gasteiger partial charge in [0.05, 0.1) is 6.04 Å². The van der Waals surface area contributed by atoms with Crippen LogP contribution in [0.2, 0.25) is 0 Å². The van der Waals surface area contributed by atoms with Gasteiger partial charge in [0.1, 0.15) is 11.4 Å². The van der Waals surface area contributed by atoms with E-state index in [2.05, 4.69) is 4.72 Å². The summed E-state index contributed by atoms with van der Waals surface area (Å²) in [6, 6.07) is -0.235. The predicted octanol–water partition coefficient (Wildman–Crippen LogP) is 2.99. The third kappa shape index (κ3) is 6.67. The molecule has 23 heavy (non-hydrogen) atoms. The molecule has 130 valence electrons. The van der Waals surface area contributed by atoms with E-state index in [1.54, 1.807) is 20.8 Å². The van der Waals surface area contributed by atoms with Crippen LogP contribution in [0.3, 0.4) is 0 Å². The van der Waals surface area contributed by atoms with Crippen molar-refractivity contribution in [3.8, 4) is 0 Å². The lowest BCUT2D eigenvalue weighted by Gasteiger charge is -2.21. The lowest BCUT2D eigenvalue weighted by atomic mass is 10.0. The third-order valence-electron chi connectivity index (χ3n) is 2.72. The average Bonchev–Trinajstić information content (AvgIpc) is 2.36. The van der Waals surface area contributed by atoms with Crippen molar-refractivity contribution in [3.63, 3.8) is 0 Å². The molecule has 2 atom stereocenters. The Morgan fingerprint density at radius 2 is 1.83 bits per heavy atom. The van der Waals surface area contributed by atoms with Gasteiger partial charge in [-0.05, 0) is 33.3 Å². The molecule has 9 heteroatoms. The van der Waals surface area contributed by atoms with Gasteiger partial charge in [0.15, 0.2) is 11.6 Å². The summed E-state index contributed by atoms with van der Waals surface area (Å²) < 4.78 is 67.0. The molecule has 0 aliphatic heterocycles. The molecule has 0 spiro atoms. The van der Waals surface area contributed by atoms with Crippen molar-refractivity contribution in [3.05, 3.63) is 35.1 Å². The van der Waals surface area contributed by atoms with Gasteiger partial charge in [-0.25, -0.2) is 22.1 Å². The minimum absolute atomic E-state index is 0.136. The van der Waals surface area contributed by atoms with Gasteiger partial charge in [-0.15, -0.1) is 0 Å². The summed E-state index contributed by atoms with van der Waals surface area (Å²) in [5, 5.41) is 0. The fourth-order valence-corrected chi connectivity index (χ4v) is 2.35. The normalized spacial score (nSPS) is 14.4. The average molecular weight is 353 g/mol. The molecule has 0 saturated heterocycles. The smallest absolute Gasteiger partial charge is 0.306 e. The molecule has 0 bridgehead atoms. The Hall–Kier alpha value is -1.45. The molecule has 1 aromatic carbocycles. The first-order chi connectivity index (χ1) is 10.5. The zero-order chi connectivity index (χ0) is 17.8. The lowest BCUT2D eigenvalue weighted by Crippen LogP contribution is -2.27. The van der Waals surface area contributed by atoms with Crippen molar-refractivity contribution >= 4 is 17.2 Å². The Morgan fingerprint density at radius 1 is 1.26 bits per heavy atom. The highest BCUT2D eigenvalue weighted by molar-refractivity contribution is 7.77. The van der Waals surface area contributed by atoms with E-state index in [0.29, 0.717) is 12.1 Å². The quantitative estimate of drug-likeness (QED) is 0.468. The number of hydrogen-bond acceptors (Lipinski definition) is 3. The zero-order valence-electron chi connectivity index (χ0n) is 12.9. The van der Waals surface area contributed by atoms with Crippen LogP contribution in [0.4, 0.5) is 13.2 Å². The highest BCUT2D eigenvalue weighted by Gasteiger charge is 2.23. The number of hydrogen-bond donors (Lipinski definition) is 2. The maximum Gasteiger partial charge on any atom is 0.306 e. The molecule has 1 rings (SSSR count). The number of benzene rings is 1. The molecule has 0 aliphatic carbocycles. The second-order valence-electron chi connectivity index (χ2n) is 5.83. The molecule has 5 nitrogen and oxygen atoms in total. The van der Waals surface area contributed by atoms with Gasteiger partial charge in [0, 0.05) is 18.1 Å². The maximum atomic E-state index is 13.8. The van der Waals surface area contributed by atoms with E-state index < -0.39 is 46.3 Å². The van der Waals surface area contributed by atoms with Crippen molar-refractivity contribution in [1.82, 2.24) is 4.72 Å². The van der Waals surface area contributed by atoms with Crippen LogP contribution in [0.25, 0.3) is 0 Å². The summed E-state index contributed by atoms with van der Waals surface area (Å²) in [7, 11) is 0. The van der Waals surface area contributed by atoms with Crippen LogP contribution in [0.5, 0.6) is 0 Å². The van der Waals surface area contributed by atoms with Crippen LogP contribution in [0, 0.1) is 17.5 Å². The summed E-state index contributed by atoms with van der Waals surface area (Å²) in [4.78, 5) is 11.7. The molecule has 0 amide bonds. The number of rotatable bonds is 6. The van der Waals surface area contributed by atoms with E-state index in [-0.39, 0.29) is 18.4 Å². The van der Waals surface area contributed by atoms with Gasteiger partial charge < -0.3 is 4.74 Å².